The highest BCUT2D eigenvalue weighted by atomic mass is 16.5. The molecule has 0 bridgehead atoms. The van der Waals surface area contributed by atoms with Crippen LogP contribution in [0.25, 0.3) is 0 Å². The van der Waals surface area contributed by atoms with E-state index in [1.807, 2.05) is 18.2 Å². The molecule has 0 aliphatic carbocycles. The van der Waals surface area contributed by atoms with Crippen molar-refractivity contribution in [3.63, 3.8) is 0 Å². The van der Waals surface area contributed by atoms with Crippen LogP contribution >= 0.6 is 0 Å². The number of amides is 1. The summed E-state index contributed by atoms with van der Waals surface area (Å²) in [5.74, 6) is 0.423. The van der Waals surface area contributed by atoms with Crippen LogP contribution in [-0.4, -0.2) is 29.8 Å². The summed E-state index contributed by atoms with van der Waals surface area (Å²) in [4.78, 5) is 11.6. The molecule has 1 aromatic carbocycles. The first-order chi connectivity index (χ1) is 7.63. The Kier molecular flexibility index (Phi) is 4.79. The molecular formula is C12H17NO3. The number of ether oxygens (including phenoxy) is 1. The maximum atomic E-state index is 11.6. The second kappa shape index (κ2) is 6.12. The summed E-state index contributed by atoms with van der Waals surface area (Å²) in [6.45, 7) is 3.32. The van der Waals surface area contributed by atoms with Crippen molar-refractivity contribution in [3.8, 4) is 5.75 Å². The van der Waals surface area contributed by atoms with Gasteiger partial charge in [-0.2, -0.15) is 0 Å². The lowest BCUT2D eigenvalue weighted by atomic mass is 10.3. The third-order valence-corrected chi connectivity index (χ3v) is 2.09. The van der Waals surface area contributed by atoms with E-state index in [0.29, 0.717) is 5.75 Å². The number of benzene rings is 1. The van der Waals surface area contributed by atoms with Crippen molar-refractivity contribution in [2.45, 2.75) is 26.0 Å². The minimum atomic E-state index is -0.573. The van der Waals surface area contributed by atoms with Gasteiger partial charge < -0.3 is 15.2 Å². The van der Waals surface area contributed by atoms with Gasteiger partial charge in [-0.15, -0.1) is 0 Å². The molecule has 16 heavy (non-hydrogen) atoms. The predicted molar refractivity (Wildman–Crippen MR) is 61.2 cm³/mol. The van der Waals surface area contributed by atoms with Gasteiger partial charge in [-0.05, 0) is 26.0 Å². The highest BCUT2D eigenvalue weighted by Gasteiger charge is 2.16. The van der Waals surface area contributed by atoms with Gasteiger partial charge in [0.15, 0.2) is 6.10 Å². The van der Waals surface area contributed by atoms with Crippen molar-refractivity contribution in [1.29, 1.82) is 0 Å². The number of aliphatic hydroxyl groups is 1. The Morgan fingerprint density at radius 1 is 1.38 bits per heavy atom. The standard InChI is InChI=1S/C12H17NO3/c1-9(8-14)13-12(15)10(2)16-11-6-4-3-5-7-11/h3-7,9-10,14H,8H2,1-2H3,(H,13,15)/t9-,10?/m1/s1. The summed E-state index contributed by atoms with van der Waals surface area (Å²) in [5.41, 5.74) is 0. The van der Waals surface area contributed by atoms with Gasteiger partial charge >= 0.3 is 0 Å². The molecule has 0 fully saturated rings. The van der Waals surface area contributed by atoms with Crippen molar-refractivity contribution in [1.82, 2.24) is 5.32 Å². The predicted octanol–water partition coefficient (Wildman–Crippen LogP) is 0.951. The molecular weight excluding hydrogens is 206 g/mol. The number of nitrogens with one attached hydrogen (secondary N) is 1. The molecule has 4 nitrogen and oxygen atoms in total. The van der Waals surface area contributed by atoms with Crippen LogP contribution in [0.5, 0.6) is 5.75 Å². The van der Waals surface area contributed by atoms with Gasteiger partial charge in [-0.3, -0.25) is 4.79 Å². The van der Waals surface area contributed by atoms with Gasteiger partial charge in [-0.1, -0.05) is 18.2 Å². The van der Waals surface area contributed by atoms with Crippen molar-refractivity contribution < 1.29 is 14.6 Å². The highest BCUT2D eigenvalue weighted by molar-refractivity contribution is 5.80. The number of aliphatic hydroxyl groups excluding tert-OH is 1. The molecule has 0 saturated heterocycles. The van der Waals surface area contributed by atoms with Gasteiger partial charge in [0.25, 0.3) is 5.91 Å². The second-order valence-corrected chi connectivity index (χ2v) is 3.67. The Balaban J connectivity index is 2.46. The molecule has 1 aromatic rings. The van der Waals surface area contributed by atoms with Crippen LogP contribution in [0.15, 0.2) is 30.3 Å². The average molecular weight is 223 g/mol. The zero-order valence-electron chi connectivity index (χ0n) is 9.51. The lowest BCUT2D eigenvalue weighted by molar-refractivity contribution is -0.128. The van der Waals surface area contributed by atoms with Gasteiger partial charge in [0.1, 0.15) is 5.75 Å². The molecule has 0 aliphatic heterocycles. The van der Waals surface area contributed by atoms with Crippen LogP contribution in [0.2, 0.25) is 0 Å². The summed E-state index contributed by atoms with van der Waals surface area (Å²) < 4.78 is 5.43. The second-order valence-electron chi connectivity index (χ2n) is 3.67. The van der Waals surface area contributed by atoms with E-state index in [4.69, 9.17) is 9.84 Å². The lowest BCUT2D eigenvalue weighted by Gasteiger charge is -2.17. The largest absolute Gasteiger partial charge is 0.481 e. The zero-order valence-corrected chi connectivity index (χ0v) is 9.51. The Hall–Kier alpha value is -1.55. The smallest absolute Gasteiger partial charge is 0.261 e. The van der Waals surface area contributed by atoms with Crippen LogP contribution in [0, 0.1) is 0 Å². The first kappa shape index (κ1) is 12.5. The molecule has 0 spiro atoms. The van der Waals surface area contributed by atoms with Crippen molar-refractivity contribution in [3.05, 3.63) is 30.3 Å². The topological polar surface area (TPSA) is 58.6 Å². The molecule has 0 saturated carbocycles. The molecule has 1 amide bonds. The summed E-state index contributed by atoms with van der Waals surface area (Å²) in [6.07, 6.45) is -0.573. The Morgan fingerprint density at radius 2 is 2.00 bits per heavy atom. The Morgan fingerprint density at radius 3 is 2.56 bits per heavy atom. The van der Waals surface area contributed by atoms with Crippen LogP contribution < -0.4 is 10.1 Å². The molecule has 0 aliphatic rings. The molecule has 88 valence electrons. The first-order valence-electron chi connectivity index (χ1n) is 5.26. The molecule has 0 radical (unpaired) electrons. The van der Waals surface area contributed by atoms with E-state index in [2.05, 4.69) is 5.32 Å². The number of hydrogen-bond donors (Lipinski definition) is 2. The SMILES string of the molecule is CC(Oc1ccccc1)C(=O)N[C@H](C)CO. The normalized spacial score (nSPS) is 13.9. The highest BCUT2D eigenvalue weighted by Crippen LogP contribution is 2.10. The van der Waals surface area contributed by atoms with E-state index in [0.717, 1.165) is 0 Å². The molecule has 0 heterocycles. The van der Waals surface area contributed by atoms with E-state index in [-0.39, 0.29) is 18.6 Å². The minimum Gasteiger partial charge on any atom is -0.481 e. The summed E-state index contributed by atoms with van der Waals surface area (Å²) in [6, 6.07) is 8.89. The molecule has 2 atom stereocenters. The molecule has 4 heteroatoms. The third-order valence-electron chi connectivity index (χ3n) is 2.09. The fourth-order valence-corrected chi connectivity index (χ4v) is 1.16. The third kappa shape index (κ3) is 3.90. The fourth-order valence-electron chi connectivity index (χ4n) is 1.16. The van der Waals surface area contributed by atoms with Crippen LogP contribution in [0.4, 0.5) is 0 Å². The number of carbonyl (C=O) groups excluding carboxylic acids is 1. The minimum absolute atomic E-state index is 0.0796. The average Bonchev–Trinajstić information content (AvgIpc) is 2.30. The van der Waals surface area contributed by atoms with Gasteiger partial charge in [0, 0.05) is 6.04 Å². The monoisotopic (exact) mass is 223 g/mol. The van der Waals surface area contributed by atoms with Crippen molar-refractivity contribution >= 4 is 5.91 Å². The first-order valence-corrected chi connectivity index (χ1v) is 5.26. The zero-order chi connectivity index (χ0) is 12.0. The number of carbonyl (C=O) groups is 1. The van der Waals surface area contributed by atoms with Gasteiger partial charge in [-0.25, -0.2) is 0 Å². The van der Waals surface area contributed by atoms with Crippen molar-refractivity contribution in [2.24, 2.45) is 0 Å². The van der Waals surface area contributed by atoms with Gasteiger partial charge in [0.2, 0.25) is 0 Å². The number of para-hydroxylation sites is 1. The summed E-state index contributed by atoms with van der Waals surface area (Å²) in [5, 5.41) is 11.4. The molecule has 2 N–H and O–H groups in total. The summed E-state index contributed by atoms with van der Waals surface area (Å²) in [7, 11) is 0. The summed E-state index contributed by atoms with van der Waals surface area (Å²) >= 11 is 0. The van der Waals surface area contributed by atoms with Crippen molar-refractivity contribution in [2.75, 3.05) is 6.61 Å². The molecule has 0 aromatic heterocycles. The lowest BCUT2D eigenvalue weighted by Crippen LogP contribution is -2.42. The fraction of sp³-hybridized carbons (Fsp3) is 0.417. The Bertz CT molecular complexity index is 326. The molecule has 1 unspecified atom stereocenters. The van der Waals surface area contributed by atoms with E-state index in [1.54, 1.807) is 26.0 Å². The number of rotatable bonds is 5. The Labute approximate surface area is 95.2 Å². The van der Waals surface area contributed by atoms with E-state index >= 15 is 0 Å². The van der Waals surface area contributed by atoms with Gasteiger partial charge in [0.05, 0.1) is 6.61 Å². The van der Waals surface area contributed by atoms with E-state index in [9.17, 15) is 4.79 Å². The van der Waals surface area contributed by atoms with E-state index < -0.39 is 6.10 Å². The van der Waals surface area contributed by atoms with Crippen LogP contribution in [-0.2, 0) is 4.79 Å². The van der Waals surface area contributed by atoms with E-state index in [1.165, 1.54) is 0 Å². The molecule has 1 rings (SSSR count). The maximum Gasteiger partial charge on any atom is 0.261 e. The maximum absolute atomic E-state index is 11.6. The van der Waals surface area contributed by atoms with Crippen LogP contribution in [0.3, 0.4) is 0 Å². The number of hydrogen-bond acceptors (Lipinski definition) is 3. The van der Waals surface area contributed by atoms with Crippen LogP contribution in [0.1, 0.15) is 13.8 Å². The quantitative estimate of drug-likeness (QED) is 0.781.